The summed E-state index contributed by atoms with van der Waals surface area (Å²) in [5.74, 6) is -5.08. The Morgan fingerprint density at radius 2 is 0.747 bits per heavy atom. The van der Waals surface area contributed by atoms with Crippen LogP contribution in [-0.4, -0.2) is 55.2 Å². The minimum Gasteiger partial charge on any atom is -1.00 e. The number of esters is 4. The number of fused-ring (bicyclic) bond motifs is 2. The van der Waals surface area contributed by atoms with Crippen LogP contribution in [0, 0.1) is 28.2 Å². The third-order valence-electron chi connectivity index (χ3n) is 14.1. The molecule has 512 valence electrons. The Labute approximate surface area is 581 Å². The van der Waals surface area contributed by atoms with Crippen molar-refractivity contribution in [2.24, 2.45) is 0 Å². The van der Waals surface area contributed by atoms with Gasteiger partial charge in [-0.3, -0.25) is 14.4 Å². The normalized spacial score (nSPS) is 10.2. The van der Waals surface area contributed by atoms with Crippen molar-refractivity contribution < 1.29 is 110 Å². The summed E-state index contributed by atoms with van der Waals surface area (Å²) in [6.45, 7) is 5.48. The standard InChI is InChI=1S/C30H20O7.C30H22O6.C16H12O5.CH4.CH3.2FH.Pd.2H/c1-18-12-14-23-22(16-18)26(31)27(32)28(35-23)21-13-15-24(36-29(33)19-8-4-2-5-9-19)25(17-21)37-30(34)20-10-6-3-7-11-20;1-20-12-15-25(31)24(18-20)26(32)16-13-21-14-17-27(35-29(33)22-8-4-2-5-9-22)28(19-21)36-30(34)23-10-6-3-7-11-23;1-8-2-5-13-10(6-8)14(19)15(20)16(21-13)9-3-4-11(17)12(18)7-9;;;;;;;/h2-17,32H,1H3;2-19,31H,1H3;2-7,17-18,20H,1H3;1H4;1H3;2*1H;;;/q;;;;-1;;;;2*-1/p-2/b;16-13+;;;;;;;;/i;;;;;;;;2*1+1. The molecule has 5 N–H and O–H groups in total. The summed E-state index contributed by atoms with van der Waals surface area (Å²) in [5.41, 5.74) is 4.52. The van der Waals surface area contributed by atoms with E-state index in [0.717, 1.165) is 16.7 Å². The molecule has 0 aliphatic rings. The molecular weight excluding hydrogens is 1370 g/mol. The van der Waals surface area contributed by atoms with E-state index in [0.29, 0.717) is 38.8 Å². The summed E-state index contributed by atoms with van der Waals surface area (Å²) in [5, 5.41) is 50.1. The molecule has 21 heteroatoms. The molecule has 18 nitrogen and oxygen atoms in total. The molecule has 2 heterocycles. The first-order valence-corrected chi connectivity index (χ1v) is 28.7. The minimum atomic E-state index is -0.686. The number of halogens is 2. The van der Waals surface area contributed by atoms with E-state index in [9.17, 15) is 59.1 Å². The summed E-state index contributed by atoms with van der Waals surface area (Å²) in [6, 6.07) is 61.1. The SMILES string of the molecule is C.Cc1ccc(O)c(C(=O)/C=C/c2ccc(OC(=O)c3ccccc3)c(OC(=O)c3ccccc3)c2)c1.Cc1ccc2oc(-c3ccc(O)c(O)c3)c(O)c(=O)c2c1.Cc1ccc2oc(-c3ccc(OC(=O)c4ccccc4)c(OC(=O)c4ccccc4)c3)c(O)c(=O)c2c1.[2H-].[2H-].[CH3-].[F-].[F-].[Pd]. The van der Waals surface area contributed by atoms with Gasteiger partial charge < -0.3 is 73.0 Å². The molecule has 0 spiro atoms. The quantitative estimate of drug-likeness (QED) is 0.0136. The summed E-state index contributed by atoms with van der Waals surface area (Å²) in [6.07, 6.45) is 2.83. The van der Waals surface area contributed by atoms with E-state index in [-0.39, 0.29) is 127 Å². The summed E-state index contributed by atoms with van der Waals surface area (Å²) >= 11 is 0. The van der Waals surface area contributed by atoms with E-state index >= 15 is 0 Å². The number of carbonyl (C=O) groups excluding carboxylic acids is 5. The Morgan fingerprint density at radius 3 is 1.17 bits per heavy atom. The zero-order chi connectivity index (χ0) is 66.6. The predicted molar refractivity (Wildman–Crippen MR) is 366 cm³/mol. The van der Waals surface area contributed by atoms with Gasteiger partial charge in [0, 0.05) is 31.5 Å². The van der Waals surface area contributed by atoms with Crippen LogP contribution in [0.25, 0.3) is 50.7 Å². The predicted octanol–water partition coefficient (Wildman–Crippen LogP) is 10.1. The van der Waals surface area contributed by atoms with Gasteiger partial charge in [-0.1, -0.05) is 127 Å². The number of benzene rings is 10. The van der Waals surface area contributed by atoms with Crippen LogP contribution in [0.5, 0.6) is 51.7 Å². The molecule has 0 unspecified atom stereocenters. The Morgan fingerprint density at radius 1 is 0.394 bits per heavy atom. The number of aromatic hydroxyl groups is 5. The van der Waals surface area contributed by atoms with E-state index < -0.39 is 52.0 Å². The van der Waals surface area contributed by atoms with Gasteiger partial charge in [0.25, 0.3) is 0 Å². The van der Waals surface area contributed by atoms with Crippen LogP contribution in [0.1, 0.15) is 84.3 Å². The fourth-order valence-corrected chi connectivity index (χ4v) is 9.30. The summed E-state index contributed by atoms with van der Waals surface area (Å²) < 4.78 is 33.6. The van der Waals surface area contributed by atoms with E-state index in [1.54, 1.807) is 176 Å². The summed E-state index contributed by atoms with van der Waals surface area (Å²) in [7, 11) is 0. The van der Waals surface area contributed by atoms with Crippen molar-refractivity contribution in [2.45, 2.75) is 28.2 Å². The monoisotopic (exact) mass is 1430 g/mol. The number of aryl methyl sites for hydroxylation is 3. The van der Waals surface area contributed by atoms with Crippen LogP contribution < -0.4 is 39.2 Å². The number of ketones is 1. The number of phenols is 3. The number of rotatable bonds is 13. The first-order valence-electron chi connectivity index (χ1n) is 28.7. The van der Waals surface area contributed by atoms with Gasteiger partial charge in [-0.05, 0) is 166 Å². The summed E-state index contributed by atoms with van der Waals surface area (Å²) in [4.78, 5) is 88.4. The molecule has 0 saturated carbocycles. The number of phenolic OH excluding ortho intramolecular Hbond substituents is 3. The number of hydrogen-bond acceptors (Lipinski definition) is 18. The van der Waals surface area contributed by atoms with Crippen LogP contribution in [0.4, 0.5) is 0 Å². The molecule has 0 bridgehead atoms. The molecule has 0 atom stereocenters. The fraction of sp³-hybridized carbons (Fsp3) is 0.0513. The maximum Gasteiger partial charge on any atom is 0.343 e. The third kappa shape index (κ3) is 18.7. The molecule has 0 aliphatic carbocycles. The maximum atomic E-state index is 12.8. The van der Waals surface area contributed by atoms with Gasteiger partial charge in [0.05, 0.1) is 38.6 Å². The number of ether oxygens (including phenoxy) is 4. The van der Waals surface area contributed by atoms with Gasteiger partial charge in [-0.25, -0.2) is 19.2 Å². The first-order chi connectivity index (χ1) is 45.3. The topological polar surface area (TPSA) is 284 Å². The Balaban J connectivity index is 0.000000393. The second-order valence-electron chi connectivity index (χ2n) is 21.0. The van der Waals surface area contributed by atoms with Crippen molar-refractivity contribution >= 4 is 57.7 Å². The Hall–Kier alpha value is -12.6. The van der Waals surface area contributed by atoms with Gasteiger partial charge in [0.1, 0.15) is 16.9 Å². The molecule has 10 aromatic carbocycles. The van der Waals surface area contributed by atoms with Crippen LogP contribution in [0.2, 0.25) is 0 Å². The number of hydrogen-bond donors (Lipinski definition) is 5. The second-order valence-corrected chi connectivity index (χ2v) is 21.0. The van der Waals surface area contributed by atoms with E-state index in [1.807, 2.05) is 20.8 Å². The smallest absolute Gasteiger partial charge is 0.343 e. The average Bonchev–Trinajstić information content (AvgIpc) is 0.776. The van der Waals surface area contributed by atoms with E-state index in [2.05, 4.69) is 0 Å². The number of allylic oxidation sites excluding steroid dienone is 1. The molecule has 99 heavy (non-hydrogen) atoms. The van der Waals surface area contributed by atoms with Crippen LogP contribution in [-0.2, 0) is 20.4 Å². The van der Waals surface area contributed by atoms with Gasteiger partial charge in [-0.15, -0.1) is 0 Å². The van der Waals surface area contributed by atoms with Crippen molar-refractivity contribution in [3.63, 3.8) is 0 Å². The van der Waals surface area contributed by atoms with E-state index in [1.165, 1.54) is 66.7 Å². The zero-order valence-electron chi connectivity index (χ0n) is 54.2. The third-order valence-corrected chi connectivity index (χ3v) is 14.1. The van der Waals surface area contributed by atoms with Crippen LogP contribution in [0.3, 0.4) is 0 Å². The van der Waals surface area contributed by atoms with Crippen molar-refractivity contribution in [2.75, 3.05) is 0 Å². The van der Waals surface area contributed by atoms with Gasteiger partial charge >= 0.3 is 23.9 Å². The van der Waals surface area contributed by atoms with E-state index in [4.69, 9.17) is 27.8 Å². The zero-order valence-corrected chi connectivity index (χ0v) is 53.8. The molecule has 0 saturated heterocycles. The molecule has 2 aromatic heterocycles. The Kier molecular flexibility index (Phi) is 27.1. The molecule has 12 aromatic rings. The van der Waals surface area contributed by atoms with Gasteiger partial charge in [0.2, 0.25) is 22.4 Å². The largest absolute Gasteiger partial charge is 1.00 e. The first kappa shape index (κ1) is 77.1. The van der Waals surface area contributed by atoms with Gasteiger partial charge in [0.15, 0.2) is 51.8 Å². The second kappa shape index (κ2) is 34.7. The van der Waals surface area contributed by atoms with Crippen molar-refractivity contribution in [1.82, 2.24) is 0 Å². The molecule has 12 rings (SSSR count). The van der Waals surface area contributed by atoms with Crippen molar-refractivity contribution in [1.29, 1.82) is 0 Å². The maximum absolute atomic E-state index is 12.8. The average molecular weight is 1430 g/mol. The molecule has 0 aliphatic heterocycles. The van der Waals surface area contributed by atoms with Crippen LogP contribution >= 0.6 is 0 Å². The molecule has 0 amide bonds. The van der Waals surface area contributed by atoms with Crippen molar-refractivity contribution in [3.05, 3.63) is 315 Å². The fourth-order valence-electron chi connectivity index (χ4n) is 9.30. The van der Waals surface area contributed by atoms with Crippen LogP contribution in [0.15, 0.2) is 255 Å². The minimum absolute atomic E-state index is 0. The van der Waals surface area contributed by atoms with Gasteiger partial charge in [-0.2, -0.15) is 0 Å². The number of carbonyl (C=O) groups is 5. The molecule has 0 fully saturated rings. The van der Waals surface area contributed by atoms with Crippen molar-refractivity contribution in [3.8, 4) is 74.4 Å². The Bertz CT molecular complexity index is 5050. The molecular formula is C78H63F2O18Pd-5. The molecule has 0 radical (unpaired) electrons.